The summed E-state index contributed by atoms with van der Waals surface area (Å²) in [7, 11) is 0. The Morgan fingerprint density at radius 3 is 2.67 bits per heavy atom. The van der Waals surface area contributed by atoms with E-state index < -0.39 is 0 Å². The molecule has 0 aliphatic heterocycles. The molecular weight excluding hydrogens is 260 g/mol. The van der Waals surface area contributed by atoms with Gasteiger partial charge in [0, 0.05) is 6.54 Å². The van der Waals surface area contributed by atoms with Gasteiger partial charge in [0.05, 0.1) is 18.5 Å². The van der Waals surface area contributed by atoms with Crippen molar-refractivity contribution in [3.05, 3.63) is 59.9 Å². The Morgan fingerprint density at radius 2 is 1.95 bits per heavy atom. The highest BCUT2D eigenvalue weighted by Gasteiger charge is 1.98. The van der Waals surface area contributed by atoms with Crippen molar-refractivity contribution in [2.24, 2.45) is 0 Å². The molecule has 112 valence electrons. The molecule has 2 aromatic rings. The first-order valence-electron chi connectivity index (χ1n) is 7.71. The lowest BCUT2D eigenvalue weighted by atomic mass is 10.1. The Bertz CT molecular complexity index is 496. The average molecular weight is 284 g/mol. The minimum atomic E-state index is 0.726. The topological polar surface area (TPSA) is 34.1 Å². The van der Waals surface area contributed by atoms with E-state index in [0.717, 1.165) is 50.4 Å². The molecule has 0 amide bonds. The molecule has 3 heteroatoms. The van der Waals surface area contributed by atoms with Gasteiger partial charge in [-0.25, -0.2) is 0 Å². The number of benzene rings is 1. The van der Waals surface area contributed by atoms with E-state index in [1.165, 1.54) is 5.56 Å². The number of aromatic nitrogens is 1. The number of nitrogens with zero attached hydrogens (tertiary/aromatic N) is 1. The smallest absolute Gasteiger partial charge is 0.137 e. The van der Waals surface area contributed by atoms with Gasteiger partial charge in [0.1, 0.15) is 5.75 Å². The fourth-order valence-electron chi connectivity index (χ4n) is 2.11. The molecular formula is C18H24N2O. The lowest BCUT2D eigenvalue weighted by molar-refractivity contribution is 0.309. The molecule has 1 N–H and O–H groups in total. The summed E-state index contributed by atoms with van der Waals surface area (Å²) in [6.45, 7) is 4.73. The molecule has 2 rings (SSSR count). The van der Waals surface area contributed by atoms with Gasteiger partial charge in [-0.05, 0) is 43.5 Å². The van der Waals surface area contributed by atoms with Gasteiger partial charge in [0.2, 0.25) is 0 Å². The van der Waals surface area contributed by atoms with E-state index in [4.69, 9.17) is 4.74 Å². The zero-order chi connectivity index (χ0) is 14.8. The van der Waals surface area contributed by atoms with Crippen LogP contribution >= 0.6 is 0 Å². The molecule has 0 aliphatic rings. The first-order valence-corrected chi connectivity index (χ1v) is 7.71. The van der Waals surface area contributed by atoms with Crippen molar-refractivity contribution < 1.29 is 4.74 Å². The van der Waals surface area contributed by atoms with Crippen molar-refractivity contribution in [1.82, 2.24) is 10.3 Å². The lowest BCUT2D eigenvalue weighted by Gasteiger charge is -2.07. The molecule has 0 fully saturated rings. The zero-order valence-corrected chi connectivity index (χ0v) is 12.7. The summed E-state index contributed by atoms with van der Waals surface area (Å²) in [6.07, 6.45) is 5.02. The van der Waals surface area contributed by atoms with Crippen molar-refractivity contribution >= 4 is 0 Å². The fraction of sp³-hybridized carbons (Fsp3) is 0.389. The van der Waals surface area contributed by atoms with Gasteiger partial charge in [-0.3, -0.25) is 4.98 Å². The first kappa shape index (κ1) is 15.5. The van der Waals surface area contributed by atoms with E-state index in [-0.39, 0.29) is 0 Å². The minimum absolute atomic E-state index is 0.726. The van der Waals surface area contributed by atoms with Crippen LogP contribution in [0.15, 0.2) is 48.7 Å². The van der Waals surface area contributed by atoms with E-state index in [1.54, 1.807) is 0 Å². The Labute approximate surface area is 127 Å². The van der Waals surface area contributed by atoms with Gasteiger partial charge in [0.25, 0.3) is 0 Å². The molecule has 0 bridgehead atoms. The highest BCUT2D eigenvalue weighted by molar-refractivity contribution is 5.20. The lowest BCUT2D eigenvalue weighted by Crippen LogP contribution is -2.14. The van der Waals surface area contributed by atoms with Crippen LogP contribution in [-0.4, -0.2) is 18.1 Å². The maximum Gasteiger partial charge on any atom is 0.137 e. The number of ether oxygens (including phenoxy) is 1. The predicted octanol–water partition coefficient (Wildman–Crippen LogP) is 3.59. The number of aryl methyl sites for hydroxylation is 1. The maximum atomic E-state index is 5.73. The monoisotopic (exact) mass is 284 g/mol. The summed E-state index contributed by atoms with van der Waals surface area (Å²) in [5.41, 5.74) is 2.41. The zero-order valence-electron chi connectivity index (χ0n) is 12.7. The quantitative estimate of drug-likeness (QED) is 0.715. The second-order valence-corrected chi connectivity index (χ2v) is 5.10. The number of pyridine rings is 1. The molecule has 0 atom stereocenters. The van der Waals surface area contributed by atoms with Crippen molar-refractivity contribution in [3.63, 3.8) is 0 Å². The summed E-state index contributed by atoms with van der Waals surface area (Å²) in [5, 5.41) is 3.34. The molecule has 1 heterocycles. The van der Waals surface area contributed by atoms with Gasteiger partial charge in [-0.2, -0.15) is 0 Å². The fourth-order valence-corrected chi connectivity index (χ4v) is 2.11. The molecule has 21 heavy (non-hydrogen) atoms. The van der Waals surface area contributed by atoms with Crippen molar-refractivity contribution in [2.75, 3.05) is 13.2 Å². The summed E-state index contributed by atoms with van der Waals surface area (Å²) < 4.78 is 5.73. The van der Waals surface area contributed by atoms with E-state index in [1.807, 2.05) is 24.4 Å². The Hall–Kier alpha value is -1.87. The Kier molecular flexibility index (Phi) is 6.75. The molecule has 0 spiro atoms. The van der Waals surface area contributed by atoms with Crippen LogP contribution in [-0.2, 0) is 13.0 Å². The summed E-state index contributed by atoms with van der Waals surface area (Å²) in [4.78, 5) is 4.40. The standard InChI is InChI=1S/C18H24N2O/c1-2-12-19-14-17-10-11-18(15-20-17)21-13-6-9-16-7-4-3-5-8-16/h3-5,7-8,10-11,15,19H,2,6,9,12-14H2,1H3. The van der Waals surface area contributed by atoms with Crippen LogP contribution < -0.4 is 10.1 Å². The molecule has 3 nitrogen and oxygen atoms in total. The third kappa shape index (κ3) is 5.96. The second kappa shape index (κ2) is 9.14. The van der Waals surface area contributed by atoms with E-state index >= 15 is 0 Å². The Balaban J connectivity index is 1.66. The van der Waals surface area contributed by atoms with Crippen LogP contribution in [0.25, 0.3) is 0 Å². The summed E-state index contributed by atoms with van der Waals surface area (Å²) >= 11 is 0. The molecule has 0 saturated carbocycles. The second-order valence-electron chi connectivity index (χ2n) is 5.10. The third-order valence-electron chi connectivity index (χ3n) is 3.25. The number of hydrogen-bond acceptors (Lipinski definition) is 3. The maximum absolute atomic E-state index is 5.73. The van der Waals surface area contributed by atoms with Crippen LogP contribution in [0.5, 0.6) is 5.75 Å². The van der Waals surface area contributed by atoms with Crippen molar-refractivity contribution in [2.45, 2.75) is 32.7 Å². The number of rotatable bonds is 9. The van der Waals surface area contributed by atoms with Crippen molar-refractivity contribution in [1.29, 1.82) is 0 Å². The third-order valence-corrected chi connectivity index (χ3v) is 3.25. The average Bonchev–Trinajstić information content (AvgIpc) is 2.54. The normalized spacial score (nSPS) is 10.5. The number of nitrogens with one attached hydrogen (secondary N) is 1. The van der Waals surface area contributed by atoms with Gasteiger partial charge in [0.15, 0.2) is 0 Å². The van der Waals surface area contributed by atoms with Gasteiger partial charge < -0.3 is 10.1 Å². The van der Waals surface area contributed by atoms with Gasteiger partial charge in [-0.1, -0.05) is 37.3 Å². The minimum Gasteiger partial charge on any atom is -0.492 e. The van der Waals surface area contributed by atoms with Crippen LogP contribution in [0, 0.1) is 0 Å². The van der Waals surface area contributed by atoms with Gasteiger partial charge in [-0.15, -0.1) is 0 Å². The van der Waals surface area contributed by atoms with Crippen molar-refractivity contribution in [3.8, 4) is 5.75 Å². The van der Waals surface area contributed by atoms with Gasteiger partial charge >= 0.3 is 0 Å². The Morgan fingerprint density at radius 1 is 1.10 bits per heavy atom. The first-order chi connectivity index (χ1) is 10.4. The molecule has 1 aromatic heterocycles. The largest absolute Gasteiger partial charge is 0.492 e. The SMILES string of the molecule is CCCNCc1ccc(OCCCc2ccccc2)cn1. The molecule has 0 radical (unpaired) electrons. The molecule has 0 aliphatic carbocycles. The highest BCUT2D eigenvalue weighted by Crippen LogP contribution is 2.10. The summed E-state index contributed by atoms with van der Waals surface area (Å²) in [5.74, 6) is 0.849. The molecule has 0 saturated heterocycles. The van der Waals surface area contributed by atoms with Crippen LogP contribution in [0.3, 0.4) is 0 Å². The summed E-state index contributed by atoms with van der Waals surface area (Å²) in [6, 6.07) is 14.5. The van der Waals surface area contributed by atoms with E-state index in [0.29, 0.717) is 0 Å². The highest BCUT2D eigenvalue weighted by atomic mass is 16.5. The van der Waals surface area contributed by atoms with Crippen LogP contribution in [0.4, 0.5) is 0 Å². The predicted molar refractivity (Wildman–Crippen MR) is 86.5 cm³/mol. The van der Waals surface area contributed by atoms with E-state index in [9.17, 15) is 0 Å². The van der Waals surface area contributed by atoms with E-state index in [2.05, 4.69) is 41.5 Å². The van der Waals surface area contributed by atoms with Crippen LogP contribution in [0.1, 0.15) is 31.0 Å². The molecule has 1 aromatic carbocycles. The molecule has 0 unspecified atom stereocenters. The van der Waals surface area contributed by atoms with Crippen LogP contribution in [0.2, 0.25) is 0 Å². The number of hydrogen-bond donors (Lipinski definition) is 1.